The zero-order valence-electron chi connectivity index (χ0n) is 35.6. The maximum Gasteiger partial charge on any atom is 0.419 e. The minimum Gasteiger partial charge on any atom is -0.461 e. The van der Waals surface area contributed by atoms with E-state index in [1.54, 1.807) is 54.6 Å². The van der Waals surface area contributed by atoms with Crippen molar-refractivity contribution in [2.45, 2.75) is 26.6 Å². The van der Waals surface area contributed by atoms with Gasteiger partial charge in [-0.2, -0.15) is 0 Å². The summed E-state index contributed by atoms with van der Waals surface area (Å²) in [5, 5.41) is 3.11. The number of nitrogens with zero attached hydrogens (tertiary/aromatic N) is 3. The normalized spacial score (nSPS) is 15.3. The third kappa shape index (κ3) is 7.47. The Morgan fingerprint density at radius 1 is 0.597 bits per heavy atom. The molecule has 2 atom stereocenters. The molecule has 326 valence electrons. The molecule has 0 amide bonds. The second-order valence-electron chi connectivity index (χ2n) is 16.5. The van der Waals surface area contributed by atoms with Gasteiger partial charge in [0.2, 0.25) is 21.7 Å². The van der Waals surface area contributed by atoms with Crippen molar-refractivity contribution in [2.75, 3.05) is 0 Å². The van der Waals surface area contributed by atoms with Crippen LogP contribution in [0.1, 0.15) is 28.0 Å². The fourth-order valence-electron chi connectivity index (χ4n) is 9.00. The number of aryl methyl sites for hydroxylation is 1. The summed E-state index contributed by atoms with van der Waals surface area (Å²) < 4.78 is 13.9. The van der Waals surface area contributed by atoms with Crippen LogP contribution in [0.15, 0.2) is 168 Å². The van der Waals surface area contributed by atoms with Crippen LogP contribution in [0.5, 0.6) is 0 Å². The van der Waals surface area contributed by atoms with Gasteiger partial charge in [0.1, 0.15) is 23.2 Å². The lowest BCUT2D eigenvalue weighted by Crippen LogP contribution is -2.38. The van der Waals surface area contributed by atoms with E-state index in [1.165, 1.54) is 27.2 Å². The number of hydrogen-bond acceptors (Lipinski definition) is 12. The smallest absolute Gasteiger partial charge is 0.419 e. The number of hydrogen-bond donors (Lipinski definition) is 0. The zero-order chi connectivity index (χ0) is 45.9. The highest BCUT2D eigenvalue weighted by molar-refractivity contribution is 7.22. The molecular formula is C54H35N3O8S2. The van der Waals surface area contributed by atoms with E-state index in [0.717, 1.165) is 32.4 Å². The number of carbonyl (C=O) groups excluding carboxylic acids is 2. The van der Waals surface area contributed by atoms with E-state index in [9.17, 15) is 28.8 Å². The molecule has 6 aromatic carbocycles. The Morgan fingerprint density at radius 2 is 1.10 bits per heavy atom. The summed E-state index contributed by atoms with van der Waals surface area (Å²) in [7, 11) is 0. The number of rotatable bonds is 9. The van der Waals surface area contributed by atoms with Crippen LogP contribution in [-0.4, -0.2) is 16.6 Å². The van der Waals surface area contributed by atoms with Gasteiger partial charge in [0.25, 0.3) is 0 Å². The maximum atomic E-state index is 14.3. The van der Waals surface area contributed by atoms with Crippen LogP contribution in [0.2, 0.25) is 0 Å². The van der Waals surface area contributed by atoms with Gasteiger partial charge in [0, 0.05) is 43.5 Å². The van der Waals surface area contributed by atoms with Crippen LogP contribution < -0.4 is 43.0 Å². The molecule has 3 aromatic heterocycles. The third-order valence-corrected chi connectivity index (χ3v) is 14.4. The number of esters is 1. The number of aromatic nitrogens is 1. The van der Waals surface area contributed by atoms with Crippen molar-refractivity contribution < 1.29 is 19.1 Å². The van der Waals surface area contributed by atoms with E-state index in [1.807, 2.05) is 85.8 Å². The maximum absolute atomic E-state index is 14.3. The Bertz CT molecular complexity index is 3970. The lowest BCUT2D eigenvalue weighted by molar-refractivity contribution is -0.144. The Labute approximate surface area is 387 Å². The number of fused-ring (bicyclic) bond motifs is 6. The fraction of sp³-hybridized carbons (Fsp3) is 0.111. The van der Waals surface area contributed by atoms with E-state index < -0.39 is 33.8 Å². The highest BCUT2D eigenvalue weighted by Crippen LogP contribution is 2.44. The molecule has 0 saturated heterocycles. The SMILES string of the molecule is Cc1cc(N=c2c(=O)c3ccccc3c2=O)sc1C1=CC2C=c3c(c4sc(N=c5c(=O)c6ccccc6c5=O)cc4n3C(=O)OCc3ccccc3)=CC2C=C1CC(=O)OCc1ccccc1. The van der Waals surface area contributed by atoms with Gasteiger partial charge in [0.15, 0.2) is 10.7 Å². The topological polar surface area (TPSA) is 151 Å². The average Bonchev–Trinajstić information content (AvgIpc) is 4.12. The highest BCUT2D eigenvalue weighted by Gasteiger charge is 2.31. The Balaban J connectivity index is 1.04. The Morgan fingerprint density at radius 3 is 1.67 bits per heavy atom. The van der Waals surface area contributed by atoms with Crippen LogP contribution in [0.3, 0.4) is 0 Å². The van der Waals surface area contributed by atoms with E-state index in [0.29, 0.717) is 52.7 Å². The van der Waals surface area contributed by atoms with Gasteiger partial charge in [-0.3, -0.25) is 24.0 Å². The third-order valence-electron chi connectivity index (χ3n) is 12.2. The summed E-state index contributed by atoms with van der Waals surface area (Å²) in [5.41, 5.74) is 2.72. The minimum absolute atomic E-state index is 0.0223. The number of ether oxygens (including phenoxy) is 2. The molecule has 2 aliphatic rings. The summed E-state index contributed by atoms with van der Waals surface area (Å²) in [6.07, 6.45) is 7.53. The standard InChI is InChI=1S/C54H35N3O8S2/c1-29-20-43(55-46-48(59)35-16-8-9-17-36(35)49(46)60)66-52(29)39-22-33-24-41-40(23-32(33)21-34(39)25-45(58)64-27-30-12-4-2-5-13-30)53-42(57(41)54(63)65-28-31-14-6-3-7-15-31)26-44(67-53)56-47-50(61)37-18-10-11-19-38(37)51(47)62/h2-24,26,32-33H,25,27-28H2,1H3. The molecule has 11 rings (SSSR count). The molecule has 0 radical (unpaired) electrons. The highest BCUT2D eigenvalue weighted by atomic mass is 32.1. The van der Waals surface area contributed by atoms with Crippen molar-refractivity contribution in [3.8, 4) is 0 Å². The number of allylic oxidation sites excluding steroid dienone is 3. The molecule has 0 saturated carbocycles. The van der Waals surface area contributed by atoms with Gasteiger partial charge < -0.3 is 9.47 Å². The molecule has 2 aliphatic carbocycles. The monoisotopic (exact) mass is 917 g/mol. The molecule has 0 spiro atoms. The van der Waals surface area contributed by atoms with Crippen LogP contribution in [0, 0.1) is 18.8 Å². The Kier molecular flexibility index (Phi) is 10.4. The average molecular weight is 918 g/mol. The summed E-state index contributed by atoms with van der Waals surface area (Å²) in [6, 6.07) is 35.6. The van der Waals surface area contributed by atoms with Gasteiger partial charge in [-0.25, -0.2) is 19.3 Å². The first-order valence-corrected chi connectivity index (χ1v) is 23.1. The first-order chi connectivity index (χ1) is 32.6. The first kappa shape index (κ1) is 41.7. The van der Waals surface area contributed by atoms with Gasteiger partial charge >= 0.3 is 12.1 Å². The molecular weight excluding hydrogens is 883 g/mol. The van der Waals surface area contributed by atoms with Crippen molar-refractivity contribution in [1.29, 1.82) is 0 Å². The number of thiophene rings is 2. The number of carbonyl (C=O) groups is 2. The molecule has 67 heavy (non-hydrogen) atoms. The van der Waals surface area contributed by atoms with Gasteiger partial charge in [-0.1, -0.05) is 133 Å². The zero-order valence-corrected chi connectivity index (χ0v) is 37.2. The Hall–Kier alpha value is -8.00. The first-order valence-electron chi connectivity index (χ1n) is 21.5. The lowest BCUT2D eigenvalue weighted by atomic mass is 9.78. The summed E-state index contributed by atoms with van der Waals surface area (Å²) in [6.45, 7) is 2.05. The van der Waals surface area contributed by atoms with Crippen molar-refractivity contribution in [2.24, 2.45) is 21.8 Å². The number of benzene rings is 4. The van der Waals surface area contributed by atoms with Crippen LogP contribution in [0.4, 0.5) is 14.8 Å². The van der Waals surface area contributed by atoms with Crippen molar-refractivity contribution in [1.82, 2.24) is 4.57 Å². The molecule has 2 unspecified atom stereocenters. The van der Waals surface area contributed by atoms with Crippen LogP contribution in [-0.2, 0) is 27.5 Å². The molecule has 0 fully saturated rings. The predicted octanol–water partition coefficient (Wildman–Crippen LogP) is 7.18. The second-order valence-corrected chi connectivity index (χ2v) is 18.5. The lowest BCUT2D eigenvalue weighted by Gasteiger charge is -2.27. The molecule has 0 bridgehead atoms. The molecule has 9 aromatic rings. The van der Waals surface area contributed by atoms with E-state index >= 15 is 0 Å². The van der Waals surface area contributed by atoms with E-state index in [2.05, 4.69) is 22.1 Å². The fourth-order valence-corrected chi connectivity index (χ4v) is 11.2. The summed E-state index contributed by atoms with van der Waals surface area (Å²) in [5.74, 6) is -1.000. The molecule has 0 N–H and O–H groups in total. The molecule has 13 heteroatoms. The van der Waals surface area contributed by atoms with E-state index in [4.69, 9.17) is 9.47 Å². The van der Waals surface area contributed by atoms with Crippen molar-refractivity contribution in [3.05, 3.63) is 223 Å². The van der Waals surface area contributed by atoms with Crippen LogP contribution >= 0.6 is 22.7 Å². The largest absolute Gasteiger partial charge is 0.461 e. The molecule has 0 aliphatic heterocycles. The minimum atomic E-state index is -0.621. The second kappa shape index (κ2) is 16.8. The molecule has 3 heterocycles. The summed E-state index contributed by atoms with van der Waals surface area (Å²) >= 11 is 2.58. The quantitative estimate of drug-likeness (QED) is 0.138. The van der Waals surface area contributed by atoms with E-state index in [-0.39, 0.29) is 42.2 Å². The van der Waals surface area contributed by atoms with Gasteiger partial charge in [-0.05, 0) is 46.9 Å². The molecule has 11 nitrogen and oxygen atoms in total. The van der Waals surface area contributed by atoms with Crippen molar-refractivity contribution >= 4 is 94.2 Å². The van der Waals surface area contributed by atoms with Crippen molar-refractivity contribution in [3.63, 3.8) is 0 Å². The predicted molar refractivity (Wildman–Crippen MR) is 261 cm³/mol. The van der Waals surface area contributed by atoms with Crippen LogP contribution in [0.25, 0.3) is 49.5 Å². The summed E-state index contributed by atoms with van der Waals surface area (Å²) in [4.78, 5) is 91.3. The van der Waals surface area contributed by atoms with Gasteiger partial charge in [-0.15, -0.1) is 22.7 Å². The van der Waals surface area contributed by atoms with Gasteiger partial charge in [0.05, 0.1) is 22.0 Å².